The van der Waals surface area contributed by atoms with E-state index in [4.69, 9.17) is 4.74 Å². The monoisotopic (exact) mass is 305 g/mol. The normalized spacial score (nSPS) is 22.1. The number of ether oxygens (including phenoxy) is 1. The van der Waals surface area contributed by atoms with Crippen LogP contribution in [0.15, 0.2) is 0 Å². The quantitative estimate of drug-likeness (QED) is 0.589. The third kappa shape index (κ3) is 3.98. The molecule has 0 N–H and O–H groups in total. The van der Waals surface area contributed by atoms with Crippen molar-refractivity contribution >= 4 is 27.8 Å². The van der Waals surface area contributed by atoms with E-state index in [1.54, 1.807) is 11.8 Å². The maximum atomic E-state index is 12.0. The molecule has 17 heavy (non-hydrogen) atoms. The molecular weight excluding hydrogens is 286 g/mol. The van der Waals surface area contributed by atoms with E-state index in [-0.39, 0.29) is 22.6 Å². The second-order valence-electron chi connectivity index (χ2n) is 4.25. The summed E-state index contributed by atoms with van der Waals surface area (Å²) >= 11 is 3.36. The summed E-state index contributed by atoms with van der Waals surface area (Å²) in [5.41, 5.74) is 0. The number of carbonyl (C=O) groups excluding carboxylic acids is 2. The Morgan fingerprint density at radius 3 is 2.76 bits per heavy atom. The van der Waals surface area contributed by atoms with Gasteiger partial charge in [-0.3, -0.25) is 9.59 Å². The second kappa shape index (κ2) is 6.99. The zero-order chi connectivity index (χ0) is 12.8. The Morgan fingerprint density at radius 2 is 2.18 bits per heavy atom. The largest absolute Gasteiger partial charge is 0.466 e. The maximum Gasteiger partial charge on any atom is 0.310 e. The van der Waals surface area contributed by atoms with E-state index in [9.17, 15) is 9.59 Å². The van der Waals surface area contributed by atoms with Gasteiger partial charge in [-0.1, -0.05) is 22.9 Å². The number of halogens is 1. The van der Waals surface area contributed by atoms with Gasteiger partial charge in [-0.05, 0) is 26.2 Å². The lowest BCUT2D eigenvalue weighted by atomic mass is 9.98. The van der Waals surface area contributed by atoms with Gasteiger partial charge in [0.2, 0.25) is 5.91 Å². The molecule has 2 unspecified atom stereocenters. The first kappa shape index (κ1) is 14.5. The summed E-state index contributed by atoms with van der Waals surface area (Å²) in [6, 6.07) is 0. The molecule has 0 aromatic heterocycles. The fourth-order valence-electron chi connectivity index (χ4n) is 2.00. The summed E-state index contributed by atoms with van der Waals surface area (Å²) in [5.74, 6) is -0.238. The molecule has 2 atom stereocenters. The minimum Gasteiger partial charge on any atom is -0.466 e. The fourth-order valence-corrected chi connectivity index (χ4v) is 2.29. The molecule has 0 aromatic carbocycles. The highest BCUT2D eigenvalue weighted by Crippen LogP contribution is 2.20. The van der Waals surface area contributed by atoms with E-state index >= 15 is 0 Å². The molecule has 0 spiro atoms. The Balaban J connectivity index is 2.54. The van der Waals surface area contributed by atoms with Crippen molar-refractivity contribution in [3.05, 3.63) is 0 Å². The van der Waals surface area contributed by atoms with E-state index < -0.39 is 0 Å². The number of hydrogen-bond donors (Lipinski definition) is 0. The highest BCUT2D eigenvalue weighted by Gasteiger charge is 2.31. The fraction of sp³-hybridized carbons (Fsp3) is 0.833. The zero-order valence-electron chi connectivity index (χ0n) is 10.4. The van der Waals surface area contributed by atoms with E-state index in [0.717, 1.165) is 25.8 Å². The molecule has 0 radical (unpaired) electrons. The number of amides is 1. The van der Waals surface area contributed by atoms with Gasteiger partial charge < -0.3 is 9.64 Å². The van der Waals surface area contributed by atoms with Crippen molar-refractivity contribution < 1.29 is 14.3 Å². The van der Waals surface area contributed by atoms with E-state index in [1.807, 2.05) is 6.92 Å². The first-order chi connectivity index (χ1) is 8.10. The average molecular weight is 306 g/mol. The van der Waals surface area contributed by atoms with Crippen molar-refractivity contribution in [3.8, 4) is 0 Å². The summed E-state index contributed by atoms with van der Waals surface area (Å²) in [6.07, 6.45) is 2.46. The maximum absolute atomic E-state index is 12.0. The molecule has 1 aliphatic heterocycles. The zero-order valence-corrected chi connectivity index (χ0v) is 12.0. The molecule has 0 aromatic rings. The first-order valence-corrected chi connectivity index (χ1v) is 7.11. The number of alkyl halides is 1. The molecular formula is C12H20BrNO3. The van der Waals surface area contributed by atoms with Gasteiger partial charge in [-0.2, -0.15) is 0 Å². The predicted octanol–water partition coefficient (Wildman–Crippen LogP) is 1.96. The SMILES string of the molecule is CCOC(=O)C1CCCN(C(=O)C(Br)CC)C1. The van der Waals surface area contributed by atoms with Crippen molar-refractivity contribution in [2.45, 2.75) is 37.9 Å². The van der Waals surface area contributed by atoms with Crippen LogP contribution in [0.4, 0.5) is 0 Å². The molecule has 1 saturated heterocycles. The van der Waals surface area contributed by atoms with Crippen LogP contribution in [0.2, 0.25) is 0 Å². The Kier molecular flexibility index (Phi) is 5.95. The molecule has 4 nitrogen and oxygen atoms in total. The number of esters is 1. The molecule has 0 saturated carbocycles. The highest BCUT2D eigenvalue weighted by molar-refractivity contribution is 9.10. The highest BCUT2D eigenvalue weighted by atomic mass is 79.9. The lowest BCUT2D eigenvalue weighted by molar-refractivity contribution is -0.151. The molecule has 5 heteroatoms. The van der Waals surface area contributed by atoms with Gasteiger partial charge in [-0.15, -0.1) is 0 Å². The minimum atomic E-state index is -0.173. The van der Waals surface area contributed by atoms with Gasteiger partial charge >= 0.3 is 5.97 Å². The van der Waals surface area contributed by atoms with Gasteiger partial charge in [0.1, 0.15) is 0 Å². The Morgan fingerprint density at radius 1 is 1.47 bits per heavy atom. The van der Waals surface area contributed by atoms with Crippen molar-refractivity contribution in [2.24, 2.45) is 5.92 Å². The number of hydrogen-bond acceptors (Lipinski definition) is 3. The number of likely N-dealkylation sites (tertiary alicyclic amines) is 1. The van der Waals surface area contributed by atoms with Crippen molar-refractivity contribution in [3.63, 3.8) is 0 Å². The number of piperidine rings is 1. The molecule has 1 rings (SSSR count). The molecule has 1 fully saturated rings. The second-order valence-corrected chi connectivity index (χ2v) is 5.36. The van der Waals surface area contributed by atoms with Gasteiger partial charge in [0.15, 0.2) is 0 Å². The van der Waals surface area contributed by atoms with E-state index in [2.05, 4.69) is 15.9 Å². The van der Waals surface area contributed by atoms with Gasteiger partial charge in [0.25, 0.3) is 0 Å². The van der Waals surface area contributed by atoms with Crippen LogP contribution in [0.3, 0.4) is 0 Å². The topological polar surface area (TPSA) is 46.6 Å². The number of nitrogens with zero attached hydrogens (tertiary/aromatic N) is 1. The van der Waals surface area contributed by atoms with Crippen LogP contribution >= 0.6 is 15.9 Å². The van der Waals surface area contributed by atoms with Gasteiger partial charge in [0.05, 0.1) is 17.4 Å². The summed E-state index contributed by atoms with van der Waals surface area (Å²) in [6.45, 7) is 5.41. The number of carbonyl (C=O) groups is 2. The van der Waals surface area contributed by atoms with Crippen LogP contribution in [0.5, 0.6) is 0 Å². The minimum absolute atomic E-state index is 0.0847. The van der Waals surface area contributed by atoms with Crippen LogP contribution < -0.4 is 0 Å². The van der Waals surface area contributed by atoms with Crippen LogP contribution in [-0.2, 0) is 14.3 Å². The summed E-state index contributed by atoms with van der Waals surface area (Å²) in [4.78, 5) is 25.3. The predicted molar refractivity (Wildman–Crippen MR) is 68.9 cm³/mol. The Labute approximate surface area is 111 Å². The lowest BCUT2D eigenvalue weighted by Crippen LogP contribution is -2.45. The smallest absolute Gasteiger partial charge is 0.310 e. The van der Waals surface area contributed by atoms with Gasteiger partial charge in [0, 0.05) is 13.1 Å². The van der Waals surface area contributed by atoms with Crippen LogP contribution in [0.1, 0.15) is 33.1 Å². The summed E-state index contributed by atoms with van der Waals surface area (Å²) in [7, 11) is 0. The molecule has 1 heterocycles. The van der Waals surface area contributed by atoms with Crippen molar-refractivity contribution in [1.82, 2.24) is 4.90 Å². The average Bonchev–Trinajstić information content (AvgIpc) is 2.37. The Hall–Kier alpha value is -0.580. The third-order valence-corrected chi connectivity index (χ3v) is 4.02. The van der Waals surface area contributed by atoms with Crippen molar-refractivity contribution in [1.29, 1.82) is 0 Å². The number of rotatable bonds is 4. The summed E-state index contributed by atoms with van der Waals surface area (Å²) < 4.78 is 5.01. The lowest BCUT2D eigenvalue weighted by Gasteiger charge is -2.32. The Bertz CT molecular complexity index is 283. The van der Waals surface area contributed by atoms with E-state index in [0.29, 0.717) is 13.2 Å². The third-order valence-electron chi connectivity index (χ3n) is 2.98. The van der Waals surface area contributed by atoms with Crippen LogP contribution in [0, 0.1) is 5.92 Å². The molecule has 98 valence electrons. The van der Waals surface area contributed by atoms with E-state index in [1.165, 1.54) is 0 Å². The molecule has 1 amide bonds. The van der Waals surface area contributed by atoms with Crippen LogP contribution in [-0.4, -0.2) is 41.3 Å². The standard InChI is InChI=1S/C12H20BrNO3/c1-3-10(13)11(15)14-7-5-6-9(8-14)12(16)17-4-2/h9-10H,3-8H2,1-2H3. The molecule has 1 aliphatic rings. The van der Waals surface area contributed by atoms with Gasteiger partial charge in [-0.25, -0.2) is 0 Å². The van der Waals surface area contributed by atoms with Crippen LogP contribution in [0.25, 0.3) is 0 Å². The van der Waals surface area contributed by atoms with Crippen molar-refractivity contribution in [2.75, 3.05) is 19.7 Å². The first-order valence-electron chi connectivity index (χ1n) is 6.19. The summed E-state index contributed by atoms with van der Waals surface area (Å²) in [5, 5.41) is 0. The molecule has 0 aliphatic carbocycles. The molecule has 0 bridgehead atoms.